The third kappa shape index (κ3) is 3.40. The highest BCUT2D eigenvalue weighted by Crippen LogP contribution is 2.12. The van der Waals surface area contributed by atoms with Crippen LogP contribution in [0.3, 0.4) is 0 Å². The van der Waals surface area contributed by atoms with E-state index in [1.165, 1.54) is 30.3 Å². The molecule has 0 aliphatic rings. The highest BCUT2D eigenvalue weighted by Gasteiger charge is 2.15. The molecule has 128 valence electrons. The fourth-order valence-electron chi connectivity index (χ4n) is 2.58. The van der Waals surface area contributed by atoms with Gasteiger partial charge < -0.3 is 0 Å². The lowest BCUT2D eigenvalue weighted by Gasteiger charge is -2.13. The van der Waals surface area contributed by atoms with E-state index in [0.29, 0.717) is 17.8 Å². The molecule has 0 unspecified atom stereocenters. The second-order valence-electron chi connectivity index (χ2n) is 5.50. The predicted octanol–water partition coefficient (Wildman–Crippen LogP) is 2.55. The van der Waals surface area contributed by atoms with Gasteiger partial charge in [-0.2, -0.15) is 0 Å². The van der Waals surface area contributed by atoms with E-state index in [1.54, 1.807) is 13.0 Å². The summed E-state index contributed by atoms with van der Waals surface area (Å²) in [6, 6.07) is 9.78. The number of aryl methyl sites for hydroxylation is 1. The third-order valence-corrected chi connectivity index (χ3v) is 3.72. The van der Waals surface area contributed by atoms with Crippen molar-refractivity contribution in [2.24, 2.45) is 0 Å². The maximum Gasteiger partial charge on any atom is 0.283 e. The molecular formula is C18H15F2N3O2. The molecule has 0 atom stereocenters. The highest BCUT2D eigenvalue weighted by atomic mass is 19.1. The molecule has 0 bridgehead atoms. The summed E-state index contributed by atoms with van der Waals surface area (Å²) in [5, 5.41) is -0.189. The second kappa shape index (κ2) is 6.80. The Bertz CT molecular complexity index is 1010. The molecule has 0 fully saturated rings. The fourth-order valence-corrected chi connectivity index (χ4v) is 2.58. The number of halogens is 2. The van der Waals surface area contributed by atoms with E-state index in [9.17, 15) is 18.4 Å². The summed E-state index contributed by atoms with van der Waals surface area (Å²) < 4.78 is 28.1. The number of benzene rings is 2. The quantitative estimate of drug-likeness (QED) is 0.792. The summed E-state index contributed by atoms with van der Waals surface area (Å²) in [6.45, 7) is 1.77. The maximum absolute atomic E-state index is 14.0. The predicted molar refractivity (Wildman–Crippen MR) is 89.8 cm³/mol. The Morgan fingerprint density at radius 1 is 1.20 bits per heavy atom. The van der Waals surface area contributed by atoms with Gasteiger partial charge in [0, 0.05) is 6.42 Å². The van der Waals surface area contributed by atoms with E-state index in [4.69, 9.17) is 0 Å². The number of hydrogen-bond acceptors (Lipinski definition) is 3. The topological polar surface area (TPSA) is 64.0 Å². The normalized spacial score (nSPS) is 10.8. The van der Waals surface area contributed by atoms with Crippen LogP contribution in [0.1, 0.15) is 18.3 Å². The van der Waals surface area contributed by atoms with Crippen LogP contribution in [0.25, 0.3) is 10.9 Å². The highest BCUT2D eigenvalue weighted by molar-refractivity contribution is 5.86. The van der Waals surface area contributed by atoms with Crippen molar-refractivity contribution in [3.8, 4) is 0 Å². The summed E-state index contributed by atoms with van der Waals surface area (Å²) >= 11 is 0. The molecule has 0 saturated carbocycles. The van der Waals surface area contributed by atoms with Gasteiger partial charge in [-0.25, -0.2) is 18.4 Å². The summed E-state index contributed by atoms with van der Waals surface area (Å²) in [4.78, 5) is 29.0. The van der Waals surface area contributed by atoms with Crippen molar-refractivity contribution < 1.29 is 13.6 Å². The number of hydrogen-bond donors (Lipinski definition) is 1. The van der Waals surface area contributed by atoms with Gasteiger partial charge in [-0.05, 0) is 29.8 Å². The van der Waals surface area contributed by atoms with Crippen molar-refractivity contribution in [2.45, 2.75) is 19.8 Å². The molecule has 0 radical (unpaired) electrons. The summed E-state index contributed by atoms with van der Waals surface area (Å²) in [5.74, 6) is -1.38. The Hall–Kier alpha value is -3.09. The van der Waals surface area contributed by atoms with Gasteiger partial charge in [-0.15, -0.1) is 0 Å². The molecule has 0 aliphatic carbocycles. The summed E-state index contributed by atoms with van der Waals surface area (Å²) in [6.07, 6.45) is 0.241. The molecule has 0 spiro atoms. The monoisotopic (exact) mass is 343 g/mol. The first kappa shape index (κ1) is 16.8. The number of nitrogens with one attached hydrogen (secondary N) is 1. The first-order valence-corrected chi connectivity index (χ1v) is 7.74. The van der Waals surface area contributed by atoms with Crippen LogP contribution >= 0.6 is 0 Å². The van der Waals surface area contributed by atoms with Crippen LogP contribution in [0.15, 0.2) is 47.3 Å². The first-order chi connectivity index (χ1) is 12.0. The van der Waals surface area contributed by atoms with Gasteiger partial charge in [0.1, 0.15) is 22.8 Å². The Balaban J connectivity index is 1.97. The van der Waals surface area contributed by atoms with Crippen molar-refractivity contribution in [1.29, 1.82) is 0 Å². The zero-order valence-corrected chi connectivity index (χ0v) is 13.4. The Morgan fingerprint density at radius 2 is 1.96 bits per heavy atom. The van der Waals surface area contributed by atoms with Crippen LogP contribution in [0.2, 0.25) is 0 Å². The van der Waals surface area contributed by atoms with Crippen molar-refractivity contribution in [1.82, 2.24) is 9.66 Å². The summed E-state index contributed by atoms with van der Waals surface area (Å²) in [7, 11) is 0. The molecule has 0 saturated heterocycles. The number of carbonyl (C=O) groups excluding carboxylic acids is 1. The number of amides is 1. The first-order valence-electron chi connectivity index (χ1n) is 7.74. The molecule has 1 aromatic heterocycles. The Labute approximate surface area is 141 Å². The van der Waals surface area contributed by atoms with Gasteiger partial charge in [0.05, 0.1) is 11.9 Å². The van der Waals surface area contributed by atoms with Gasteiger partial charge in [-0.1, -0.05) is 25.1 Å². The van der Waals surface area contributed by atoms with E-state index < -0.39 is 23.1 Å². The van der Waals surface area contributed by atoms with Crippen molar-refractivity contribution in [3.63, 3.8) is 0 Å². The SMILES string of the molecule is CCc1nc2cccc(F)c2c(=O)n1NC(=O)Cc1cccc(F)c1. The Morgan fingerprint density at radius 3 is 2.68 bits per heavy atom. The minimum absolute atomic E-state index is 0.122. The molecule has 1 amide bonds. The smallest absolute Gasteiger partial charge is 0.273 e. The number of nitrogens with zero attached hydrogens (tertiary/aromatic N) is 2. The fraction of sp³-hybridized carbons (Fsp3) is 0.167. The van der Waals surface area contributed by atoms with Gasteiger partial charge >= 0.3 is 0 Å². The van der Waals surface area contributed by atoms with E-state index in [2.05, 4.69) is 10.4 Å². The molecule has 3 aromatic rings. The third-order valence-electron chi connectivity index (χ3n) is 3.72. The van der Waals surface area contributed by atoms with Crippen LogP contribution in [0.5, 0.6) is 0 Å². The van der Waals surface area contributed by atoms with Crippen LogP contribution in [-0.4, -0.2) is 15.6 Å². The van der Waals surface area contributed by atoms with E-state index in [0.717, 1.165) is 10.7 Å². The molecule has 2 aromatic carbocycles. The molecule has 1 heterocycles. The minimum Gasteiger partial charge on any atom is -0.273 e. The molecule has 5 nitrogen and oxygen atoms in total. The number of rotatable bonds is 4. The van der Waals surface area contributed by atoms with Crippen LogP contribution in [0, 0.1) is 11.6 Å². The van der Waals surface area contributed by atoms with Crippen LogP contribution < -0.4 is 11.0 Å². The average Bonchev–Trinajstić information content (AvgIpc) is 2.57. The lowest BCUT2D eigenvalue weighted by Crippen LogP contribution is -2.37. The lowest BCUT2D eigenvalue weighted by molar-refractivity contribution is -0.116. The molecule has 0 aliphatic heterocycles. The zero-order chi connectivity index (χ0) is 18.0. The van der Waals surface area contributed by atoms with Gasteiger partial charge in [0.15, 0.2) is 0 Å². The number of aromatic nitrogens is 2. The van der Waals surface area contributed by atoms with E-state index in [-0.39, 0.29) is 17.3 Å². The van der Waals surface area contributed by atoms with Crippen molar-refractivity contribution in [2.75, 3.05) is 5.43 Å². The minimum atomic E-state index is -0.703. The van der Waals surface area contributed by atoms with Crippen molar-refractivity contribution >= 4 is 16.8 Å². The van der Waals surface area contributed by atoms with E-state index in [1.807, 2.05) is 0 Å². The summed E-state index contributed by atoms with van der Waals surface area (Å²) in [5.41, 5.74) is 2.44. The standard InChI is InChI=1S/C18H15F2N3O2/c1-2-15-21-14-8-4-7-13(20)17(14)18(25)23(15)22-16(24)10-11-5-3-6-12(19)9-11/h3-9H,2,10H2,1H3,(H,22,24). The molecule has 3 rings (SSSR count). The molecule has 7 heteroatoms. The zero-order valence-electron chi connectivity index (χ0n) is 13.4. The van der Waals surface area contributed by atoms with Crippen LogP contribution in [0.4, 0.5) is 8.78 Å². The molecular weight excluding hydrogens is 328 g/mol. The second-order valence-corrected chi connectivity index (χ2v) is 5.50. The maximum atomic E-state index is 14.0. The Kier molecular flexibility index (Phi) is 4.56. The van der Waals surface area contributed by atoms with E-state index >= 15 is 0 Å². The number of carbonyl (C=O) groups is 1. The van der Waals surface area contributed by atoms with Gasteiger partial charge in [0.2, 0.25) is 5.91 Å². The van der Waals surface area contributed by atoms with Gasteiger partial charge in [-0.3, -0.25) is 15.0 Å². The van der Waals surface area contributed by atoms with Crippen molar-refractivity contribution in [3.05, 3.63) is 75.8 Å². The number of fused-ring (bicyclic) bond motifs is 1. The molecule has 1 N–H and O–H groups in total. The largest absolute Gasteiger partial charge is 0.283 e. The van der Waals surface area contributed by atoms with Crippen LogP contribution in [-0.2, 0) is 17.6 Å². The van der Waals surface area contributed by atoms with Gasteiger partial charge in [0.25, 0.3) is 5.56 Å². The lowest BCUT2D eigenvalue weighted by atomic mass is 10.1. The average molecular weight is 343 g/mol. The molecule has 25 heavy (non-hydrogen) atoms.